The molecule has 0 saturated carbocycles. The number of hydrogen-bond donors (Lipinski definition) is 2. The number of aromatic nitrogens is 2. The number of ether oxygens (including phenoxy) is 2. The van der Waals surface area contributed by atoms with Crippen LogP contribution in [0.1, 0.15) is 39.8 Å². The van der Waals surface area contributed by atoms with Crippen LogP contribution in [0.5, 0.6) is 0 Å². The summed E-state index contributed by atoms with van der Waals surface area (Å²) >= 11 is 0. The van der Waals surface area contributed by atoms with Crippen molar-refractivity contribution < 1.29 is 14.3 Å². The molecule has 0 bridgehead atoms. The molecular formula is C22H30N4O3. The van der Waals surface area contributed by atoms with Gasteiger partial charge < -0.3 is 20.2 Å². The topological polar surface area (TPSA) is 97.2 Å². The number of nitrogens with one attached hydrogen (secondary N) is 2. The second-order valence-corrected chi connectivity index (χ2v) is 7.57. The third kappa shape index (κ3) is 7.62. The molecule has 0 saturated heterocycles. The summed E-state index contributed by atoms with van der Waals surface area (Å²) < 4.78 is 10.7. The molecule has 0 fully saturated rings. The zero-order valence-electron chi connectivity index (χ0n) is 17.6. The maximum atomic E-state index is 12.2. The smallest absolute Gasteiger partial charge is 0.341 e. The van der Waals surface area contributed by atoms with Gasteiger partial charge in [0.1, 0.15) is 0 Å². The van der Waals surface area contributed by atoms with Gasteiger partial charge in [-0.2, -0.15) is 0 Å². The van der Waals surface area contributed by atoms with Crippen molar-refractivity contribution in [3.63, 3.8) is 0 Å². The Morgan fingerprint density at radius 1 is 1.28 bits per heavy atom. The molecule has 0 aliphatic rings. The molecule has 0 aliphatic carbocycles. The average molecular weight is 399 g/mol. The van der Waals surface area contributed by atoms with Gasteiger partial charge in [0.25, 0.3) is 0 Å². The first kappa shape index (κ1) is 22.5. The van der Waals surface area contributed by atoms with E-state index in [0.29, 0.717) is 6.54 Å². The molecule has 7 nitrogen and oxygen atoms in total. The summed E-state index contributed by atoms with van der Waals surface area (Å²) in [6, 6.07) is 7.91. The van der Waals surface area contributed by atoms with Gasteiger partial charge in [-0.1, -0.05) is 0 Å². The van der Waals surface area contributed by atoms with Crippen molar-refractivity contribution in [2.24, 2.45) is 0 Å². The predicted molar refractivity (Wildman–Crippen MR) is 114 cm³/mol. The van der Waals surface area contributed by atoms with Gasteiger partial charge in [-0.3, -0.25) is 0 Å². The van der Waals surface area contributed by atoms with Crippen LogP contribution in [-0.4, -0.2) is 47.0 Å². The molecule has 0 spiro atoms. The van der Waals surface area contributed by atoms with Crippen molar-refractivity contribution >= 4 is 22.7 Å². The Morgan fingerprint density at radius 2 is 2.07 bits per heavy atom. The van der Waals surface area contributed by atoms with Crippen LogP contribution in [0.25, 0.3) is 11.0 Å². The number of esters is 1. The Morgan fingerprint density at radius 3 is 2.79 bits per heavy atom. The van der Waals surface area contributed by atoms with Crippen LogP contribution >= 0.6 is 0 Å². The molecule has 2 N–H and O–H groups in total. The highest BCUT2D eigenvalue weighted by Crippen LogP contribution is 2.11. The number of fused-ring (bicyclic) bond motifs is 1. The monoisotopic (exact) mass is 398 g/mol. The fourth-order valence-electron chi connectivity index (χ4n) is 2.52. The summed E-state index contributed by atoms with van der Waals surface area (Å²) in [5.74, 6) is -0.523. The summed E-state index contributed by atoms with van der Waals surface area (Å²) in [6.45, 7) is 8.39. The zero-order chi connectivity index (χ0) is 21.3. The van der Waals surface area contributed by atoms with E-state index in [-0.39, 0.29) is 30.1 Å². The van der Waals surface area contributed by atoms with Gasteiger partial charge >= 0.3 is 5.97 Å². The summed E-state index contributed by atoms with van der Waals surface area (Å²) in [5.41, 5.74) is 1.60. The van der Waals surface area contributed by atoms with Crippen molar-refractivity contribution in [1.29, 1.82) is 5.41 Å². The third-order valence-corrected chi connectivity index (χ3v) is 3.99. The van der Waals surface area contributed by atoms with Gasteiger partial charge in [-0.25, -0.2) is 14.8 Å². The quantitative estimate of drug-likeness (QED) is 0.275. The first-order valence-electron chi connectivity index (χ1n) is 9.83. The number of rotatable bonds is 10. The average Bonchev–Trinajstić information content (AvgIpc) is 2.68. The number of aryl methyl sites for hydroxylation is 1. The summed E-state index contributed by atoms with van der Waals surface area (Å²) in [5, 5.41) is 12.3. The van der Waals surface area contributed by atoms with Crippen molar-refractivity contribution in [2.45, 2.75) is 46.1 Å². The Balaban J connectivity index is 1.90. The number of pyridine rings is 2. The molecule has 7 heteroatoms. The largest absolute Gasteiger partial charge is 0.462 e. The molecule has 29 heavy (non-hydrogen) atoms. The molecule has 2 heterocycles. The van der Waals surface area contributed by atoms with Gasteiger partial charge in [-0.05, 0) is 64.8 Å². The van der Waals surface area contributed by atoms with E-state index in [1.54, 1.807) is 19.3 Å². The molecule has 2 aromatic rings. The highest BCUT2D eigenvalue weighted by atomic mass is 16.5. The van der Waals surface area contributed by atoms with E-state index < -0.39 is 5.97 Å². The lowest BCUT2D eigenvalue weighted by Gasteiger charge is -2.20. The number of hydrogen-bond acceptors (Lipinski definition) is 7. The molecule has 2 rings (SSSR count). The van der Waals surface area contributed by atoms with Crippen molar-refractivity contribution in [3.8, 4) is 0 Å². The Bertz CT molecular complexity index is 872. The lowest BCUT2D eigenvalue weighted by Crippen LogP contribution is -2.27. The summed E-state index contributed by atoms with van der Waals surface area (Å²) in [7, 11) is 0. The Hall–Kier alpha value is -2.80. The Labute approximate surface area is 172 Å². The van der Waals surface area contributed by atoms with Crippen LogP contribution in [0.2, 0.25) is 0 Å². The molecule has 0 amide bonds. The van der Waals surface area contributed by atoms with Gasteiger partial charge in [0.2, 0.25) is 0 Å². The second-order valence-electron chi connectivity index (χ2n) is 7.57. The van der Waals surface area contributed by atoms with E-state index in [1.165, 1.54) is 0 Å². The molecule has 2 aromatic heterocycles. The van der Waals surface area contributed by atoms with Crippen LogP contribution in [0, 0.1) is 5.41 Å². The van der Waals surface area contributed by atoms with E-state index in [9.17, 15) is 4.79 Å². The first-order valence-corrected chi connectivity index (χ1v) is 9.83. The fourth-order valence-corrected chi connectivity index (χ4v) is 2.52. The van der Waals surface area contributed by atoms with Crippen LogP contribution in [0.3, 0.4) is 0 Å². The molecular weight excluding hydrogens is 368 g/mol. The van der Waals surface area contributed by atoms with Gasteiger partial charge in [-0.15, -0.1) is 0 Å². The molecule has 0 unspecified atom stereocenters. The molecule has 0 aromatic carbocycles. The normalized spacial score (nSPS) is 12.1. The van der Waals surface area contributed by atoms with E-state index in [2.05, 4.69) is 15.3 Å². The SMILES string of the molecule is CCOC(=O)/C(=C/NCCCc1ccc2cccnc2n1)C(=N)COC(C)(C)C. The van der Waals surface area contributed by atoms with Crippen LogP contribution in [0.4, 0.5) is 0 Å². The molecule has 0 atom stereocenters. The van der Waals surface area contributed by atoms with Crippen LogP contribution in [0.15, 0.2) is 42.2 Å². The molecule has 0 radical (unpaired) electrons. The second kappa shape index (κ2) is 10.7. The van der Waals surface area contributed by atoms with Gasteiger partial charge in [0, 0.05) is 30.0 Å². The van der Waals surface area contributed by atoms with Gasteiger partial charge in [0.05, 0.1) is 30.1 Å². The summed E-state index contributed by atoms with van der Waals surface area (Å²) in [4.78, 5) is 21.0. The zero-order valence-corrected chi connectivity index (χ0v) is 17.6. The van der Waals surface area contributed by atoms with Crippen LogP contribution in [-0.2, 0) is 20.7 Å². The van der Waals surface area contributed by atoms with E-state index in [0.717, 1.165) is 29.6 Å². The summed E-state index contributed by atoms with van der Waals surface area (Å²) in [6.07, 6.45) is 4.89. The first-order chi connectivity index (χ1) is 13.8. The minimum Gasteiger partial charge on any atom is -0.462 e. The van der Waals surface area contributed by atoms with Crippen LogP contribution < -0.4 is 5.32 Å². The van der Waals surface area contributed by atoms with Gasteiger partial charge in [0.15, 0.2) is 5.65 Å². The highest BCUT2D eigenvalue weighted by molar-refractivity contribution is 6.19. The van der Waals surface area contributed by atoms with Crippen molar-refractivity contribution in [1.82, 2.24) is 15.3 Å². The maximum absolute atomic E-state index is 12.2. The number of carbonyl (C=O) groups excluding carboxylic acids is 1. The fraction of sp³-hybridized carbons (Fsp3) is 0.455. The minimum absolute atomic E-state index is 0.0455. The number of nitrogens with zero attached hydrogens (tertiary/aromatic N) is 2. The van der Waals surface area contributed by atoms with Crippen molar-refractivity contribution in [3.05, 3.63) is 47.9 Å². The van der Waals surface area contributed by atoms with E-state index in [1.807, 2.05) is 45.0 Å². The highest BCUT2D eigenvalue weighted by Gasteiger charge is 2.19. The number of carbonyl (C=O) groups is 1. The Kier molecular flexibility index (Phi) is 8.27. The van der Waals surface area contributed by atoms with E-state index >= 15 is 0 Å². The lowest BCUT2D eigenvalue weighted by molar-refractivity contribution is -0.138. The van der Waals surface area contributed by atoms with E-state index in [4.69, 9.17) is 14.9 Å². The minimum atomic E-state index is -0.523. The molecule has 0 aliphatic heterocycles. The third-order valence-electron chi connectivity index (χ3n) is 3.99. The lowest BCUT2D eigenvalue weighted by atomic mass is 10.1. The van der Waals surface area contributed by atoms with Crippen molar-refractivity contribution in [2.75, 3.05) is 19.8 Å². The maximum Gasteiger partial charge on any atom is 0.341 e. The molecule has 156 valence electrons. The predicted octanol–water partition coefficient (Wildman–Crippen LogP) is 3.43. The standard InChI is InChI=1S/C22H30N4O3/c1-5-28-21(27)18(19(23)15-29-22(2,3)4)14-24-12-7-9-17-11-10-16-8-6-13-25-20(16)26-17/h6,8,10-11,13-14,23-24H,5,7,9,12,15H2,1-4H3/b18-14+,23-19?.